The maximum Gasteiger partial charge on any atom is 0.338 e. The standard InChI is InChI=1S/C24H21N3O3S/c1-3-30-23(28)17-7-11-19(12-8-17)26-24(29)25-18-9-5-16(6-10-18)22-27-20-13-4-15(2)14-21(20)31-22/h4-14H,3H2,1-2H3,(H2,25,26,29). The lowest BCUT2D eigenvalue weighted by atomic mass is 10.2. The summed E-state index contributed by atoms with van der Waals surface area (Å²) in [5.41, 5.74) is 4.88. The zero-order valence-corrected chi connectivity index (χ0v) is 18.0. The van der Waals surface area contributed by atoms with E-state index in [1.807, 2.05) is 30.3 Å². The van der Waals surface area contributed by atoms with Gasteiger partial charge < -0.3 is 15.4 Å². The van der Waals surface area contributed by atoms with E-state index in [2.05, 4.69) is 34.7 Å². The molecule has 0 aliphatic heterocycles. The number of thiazole rings is 1. The van der Waals surface area contributed by atoms with Crippen molar-refractivity contribution in [3.63, 3.8) is 0 Å². The molecule has 2 amide bonds. The fourth-order valence-electron chi connectivity index (χ4n) is 3.05. The molecular formula is C24H21N3O3S. The van der Waals surface area contributed by atoms with Gasteiger partial charge in [0.1, 0.15) is 5.01 Å². The van der Waals surface area contributed by atoms with Crippen molar-refractivity contribution in [2.24, 2.45) is 0 Å². The van der Waals surface area contributed by atoms with Gasteiger partial charge in [0, 0.05) is 16.9 Å². The molecule has 0 saturated heterocycles. The van der Waals surface area contributed by atoms with E-state index in [1.165, 1.54) is 5.56 Å². The zero-order valence-electron chi connectivity index (χ0n) is 17.1. The number of urea groups is 1. The molecule has 0 aliphatic carbocycles. The summed E-state index contributed by atoms with van der Waals surface area (Å²) in [5, 5.41) is 6.49. The fourth-order valence-corrected chi connectivity index (χ4v) is 4.12. The van der Waals surface area contributed by atoms with Crippen LogP contribution in [-0.2, 0) is 4.74 Å². The van der Waals surface area contributed by atoms with E-state index in [0.717, 1.165) is 20.8 Å². The molecule has 4 aromatic rings. The summed E-state index contributed by atoms with van der Waals surface area (Å²) in [5.74, 6) is -0.387. The minimum Gasteiger partial charge on any atom is -0.462 e. The number of nitrogens with one attached hydrogen (secondary N) is 2. The van der Waals surface area contributed by atoms with E-state index in [-0.39, 0.29) is 12.0 Å². The fraction of sp³-hybridized carbons (Fsp3) is 0.125. The van der Waals surface area contributed by atoms with E-state index < -0.39 is 0 Å². The number of amides is 2. The van der Waals surface area contributed by atoms with E-state index in [9.17, 15) is 9.59 Å². The number of carbonyl (C=O) groups excluding carboxylic acids is 2. The highest BCUT2D eigenvalue weighted by atomic mass is 32.1. The highest BCUT2D eigenvalue weighted by Gasteiger charge is 2.09. The predicted molar refractivity (Wildman–Crippen MR) is 125 cm³/mol. The number of nitrogens with zero attached hydrogens (tertiary/aromatic N) is 1. The number of anilines is 2. The number of aromatic nitrogens is 1. The Kier molecular flexibility index (Phi) is 5.95. The van der Waals surface area contributed by atoms with Crippen molar-refractivity contribution in [1.82, 2.24) is 4.98 Å². The monoisotopic (exact) mass is 431 g/mol. The third kappa shape index (κ3) is 4.90. The third-order valence-corrected chi connectivity index (χ3v) is 5.65. The lowest BCUT2D eigenvalue weighted by Gasteiger charge is -2.09. The Labute approximate surface area is 183 Å². The number of fused-ring (bicyclic) bond motifs is 1. The smallest absolute Gasteiger partial charge is 0.338 e. The van der Waals surface area contributed by atoms with Gasteiger partial charge in [-0.2, -0.15) is 0 Å². The van der Waals surface area contributed by atoms with Gasteiger partial charge >= 0.3 is 12.0 Å². The van der Waals surface area contributed by atoms with Crippen molar-refractivity contribution in [2.45, 2.75) is 13.8 Å². The number of aryl methyl sites for hydroxylation is 1. The SMILES string of the molecule is CCOC(=O)c1ccc(NC(=O)Nc2ccc(-c3nc4ccc(C)cc4s3)cc2)cc1. The quantitative estimate of drug-likeness (QED) is 0.375. The molecule has 4 rings (SSSR count). The molecule has 6 nitrogen and oxygen atoms in total. The Morgan fingerprint density at radius 2 is 1.58 bits per heavy atom. The van der Waals surface area contributed by atoms with Crippen LogP contribution in [0.1, 0.15) is 22.8 Å². The normalized spacial score (nSPS) is 10.6. The molecular weight excluding hydrogens is 410 g/mol. The third-order valence-electron chi connectivity index (χ3n) is 4.59. The van der Waals surface area contributed by atoms with Gasteiger partial charge in [0.25, 0.3) is 0 Å². The Morgan fingerprint density at radius 1 is 0.935 bits per heavy atom. The van der Waals surface area contributed by atoms with Gasteiger partial charge in [-0.25, -0.2) is 14.6 Å². The van der Waals surface area contributed by atoms with Crippen molar-refractivity contribution in [3.8, 4) is 10.6 Å². The van der Waals surface area contributed by atoms with Gasteiger partial charge in [-0.3, -0.25) is 0 Å². The number of benzene rings is 3. The summed E-state index contributed by atoms with van der Waals surface area (Å²) in [6.45, 7) is 4.14. The molecule has 0 fully saturated rings. The number of rotatable bonds is 5. The molecule has 0 radical (unpaired) electrons. The maximum atomic E-state index is 12.3. The van der Waals surface area contributed by atoms with E-state index in [1.54, 1.807) is 42.5 Å². The van der Waals surface area contributed by atoms with Crippen molar-refractivity contribution in [3.05, 3.63) is 77.9 Å². The van der Waals surface area contributed by atoms with E-state index in [0.29, 0.717) is 23.5 Å². The van der Waals surface area contributed by atoms with Crippen LogP contribution in [0.15, 0.2) is 66.7 Å². The van der Waals surface area contributed by atoms with Crippen LogP contribution in [0.2, 0.25) is 0 Å². The van der Waals surface area contributed by atoms with Crippen LogP contribution in [0.25, 0.3) is 20.8 Å². The summed E-state index contributed by atoms with van der Waals surface area (Å²) in [6, 6.07) is 20.0. The number of esters is 1. The molecule has 0 aliphatic rings. The first-order chi connectivity index (χ1) is 15.0. The van der Waals surface area contributed by atoms with Crippen LogP contribution < -0.4 is 10.6 Å². The molecule has 156 valence electrons. The van der Waals surface area contributed by atoms with Crippen LogP contribution in [0.5, 0.6) is 0 Å². The summed E-state index contributed by atoms with van der Waals surface area (Å²) < 4.78 is 6.11. The lowest BCUT2D eigenvalue weighted by molar-refractivity contribution is 0.0526. The van der Waals surface area contributed by atoms with Crippen molar-refractivity contribution >= 4 is 44.9 Å². The van der Waals surface area contributed by atoms with Gasteiger partial charge in [-0.15, -0.1) is 11.3 Å². The average molecular weight is 432 g/mol. The van der Waals surface area contributed by atoms with Crippen LogP contribution in [0.3, 0.4) is 0 Å². The van der Waals surface area contributed by atoms with Gasteiger partial charge in [0.2, 0.25) is 0 Å². The van der Waals surface area contributed by atoms with Gasteiger partial charge in [-0.1, -0.05) is 6.07 Å². The van der Waals surface area contributed by atoms with Gasteiger partial charge in [0.15, 0.2) is 0 Å². The molecule has 2 N–H and O–H groups in total. The molecule has 1 heterocycles. The van der Waals surface area contributed by atoms with Crippen LogP contribution in [-0.4, -0.2) is 23.6 Å². The summed E-state index contributed by atoms with van der Waals surface area (Å²) in [4.78, 5) is 28.7. The molecule has 1 aromatic heterocycles. The summed E-state index contributed by atoms with van der Waals surface area (Å²) in [6.07, 6.45) is 0. The number of ether oxygens (including phenoxy) is 1. The predicted octanol–water partition coefficient (Wildman–Crippen LogP) is 6.09. The largest absolute Gasteiger partial charge is 0.462 e. The maximum absolute atomic E-state index is 12.3. The second kappa shape index (κ2) is 8.97. The highest BCUT2D eigenvalue weighted by molar-refractivity contribution is 7.21. The first-order valence-corrected chi connectivity index (χ1v) is 10.7. The Balaban J connectivity index is 1.39. The topological polar surface area (TPSA) is 80.3 Å². The van der Waals surface area contributed by atoms with Crippen molar-refractivity contribution in [1.29, 1.82) is 0 Å². The van der Waals surface area contributed by atoms with Crippen LogP contribution in [0, 0.1) is 6.92 Å². The lowest BCUT2D eigenvalue weighted by Crippen LogP contribution is -2.19. The van der Waals surface area contributed by atoms with Crippen LogP contribution >= 0.6 is 11.3 Å². The summed E-state index contributed by atoms with van der Waals surface area (Å²) >= 11 is 1.65. The molecule has 0 atom stereocenters. The minimum absolute atomic E-state index is 0.318. The van der Waals surface area contributed by atoms with Gasteiger partial charge in [-0.05, 0) is 80.1 Å². The molecule has 0 unspecified atom stereocenters. The first kappa shape index (κ1) is 20.6. The summed E-state index contributed by atoms with van der Waals surface area (Å²) in [7, 11) is 0. The molecule has 0 spiro atoms. The average Bonchev–Trinajstić information content (AvgIpc) is 3.18. The molecule has 3 aromatic carbocycles. The molecule has 0 bridgehead atoms. The first-order valence-electron chi connectivity index (χ1n) is 9.84. The highest BCUT2D eigenvalue weighted by Crippen LogP contribution is 2.31. The zero-order chi connectivity index (χ0) is 21.8. The molecule has 0 saturated carbocycles. The Hall–Kier alpha value is -3.71. The second-order valence-corrected chi connectivity index (χ2v) is 7.98. The number of carbonyl (C=O) groups is 2. The molecule has 31 heavy (non-hydrogen) atoms. The Bertz CT molecular complexity index is 1230. The number of hydrogen-bond donors (Lipinski definition) is 2. The van der Waals surface area contributed by atoms with Gasteiger partial charge in [0.05, 0.1) is 22.4 Å². The van der Waals surface area contributed by atoms with E-state index >= 15 is 0 Å². The van der Waals surface area contributed by atoms with Crippen LogP contribution in [0.4, 0.5) is 16.2 Å². The Morgan fingerprint density at radius 3 is 2.23 bits per heavy atom. The van der Waals surface area contributed by atoms with Crippen molar-refractivity contribution < 1.29 is 14.3 Å². The van der Waals surface area contributed by atoms with Crippen molar-refractivity contribution in [2.75, 3.05) is 17.2 Å². The molecule has 7 heteroatoms. The minimum atomic E-state index is -0.387. The number of hydrogen-bond acceptors (Lipinski definition) is 5. The van der Waals surface area contributed by atoms with E-state index in [4.69, 9.17) is 4.74 Å². The second-order valence-electron chi connectivity index (χ2n) is 6.94.